The van der Waals surface area contributed by atoms with E-state index in [1.165, 1.54) is 4.68 Å². The summed E-state index contributed by atoms with van der Waals surface area (Å²) in [5.41, 5.74) is 9.19. The number of amides is 2. The van der Waals surface area contributed by atoms with Crippen LogP contribution in [0.1, 0.15) is 21.6 Å². The Labute approximate surface area is 166 Å². The summed E-state index contributed by atoms with van der Waals surface area (Å²) in [7, 11) is 0. The molecule has 0 spiro atoms. The van der Waals surface area contributed by atoms with Gasteiger partial charge in [0.15, 0.2) is 11.5 Å². The zero-order chi connectivity index (χ0) is 20.3. The molecule has 1 aromatic heterocycles. The van der Waals surface area contributed by atoms with Crippen molar-refractivity contribution in [2.24, 2.45) is 0 Å². The second-order valence-electron chi connectivity index (χ2n) is 6.24. The molecule has 0 saturated heterocycles. The van der Waals surface area contributed by atoms with E-state index in [2.05, 4.69) is 20.9 Å². The molecule has 0 aliphatic rings. The molecule has 0 saturated carbocycles. The van der Waals surface area contributed by atoms with Crippen molar-refractivity contribution < 1.29 is 9.59 Å². The number of nitrogens with zero attached hydrogens (tertiary/aromatic N) is 3. The molecule has 3 aromatic rings. The highest BCUT2D eigenvalue weighted by Crippen LogP contribution is 2.19. The zero-order valence-corrected chi connectivity index (χ0v) is 16.1. The average molecular weight is 399 g/mol. The van der Waals surface area contributed by atoms with Crippen LogP contribution in [-0.2, 0) is 11.3 Å². The molecule has 8 nitrogen and oxygen atoms in total. The third-order valence-corrected chi connectivity index (χ3v) is 4.51. The number of nitrogens with two attached hydrogens (primary N) is 1. The number of anilines is 3. The van der Waals surface area contributed by atoms with Crippen molar-refractivity contribution in [3.63, 3.8) is 0 Å². The lowest BCUT2D eigenvalue weighted by atomic mass is 10.1. The maximum absolute atomic E-state index is 12.4. The number of rotatable bonds is 5. The minimum absolute atomic E-state index is 0.00239. The van der Waals surface area contributed by atoms with Gasteiger partial charge in [0.2, 0.25) is 5.91 Å². The lowest BCUT2D eigenvalue weighted by Crippen LogP contribution is -2.22. The van der Waals surface area contributed by atoms with Crippen molar-refractivity contribution >= 4 is 40.6 Å². The highest BCUT2D eigenvalue weighted by molar-refractivity contribution is 6.30. The van der Waals surface area contributed by atoms with Crippen LogP contribution in [0.25, 0.3) is 0 Å². The SMILES string of the molecule is Cc1cccc(NC(=O)Cn2nnc(C(=O)Nc3ccc(Cl)cc3)c2N)c1C. The molecule has 4 N–H and O–H groups in total. The molecular weight excluding hydrogens is 380 g/mol. The Balaban J connectivity index is 1.68. The molecule has 0 radical (unpaired) electrons. The van der Waals surface area contributed by atoms with Gasteiger partial charge >= 0.3 is 0 Å². The Kier molecular flexibility index (Phi) is 5.60. The second-order valence-corrected chi connectivity index (χ2v) is 6.67. The first-order valence-electron chi connectivity index (χ1n) is 8.47. The molecule has 9 heteroatoms. The fourth-order valence-electron chi connectivity index (χ4n) is 2.53. The van der Waals surface area contributed by atoms with E-state index in [9.17, 15) is 9.59 Å². The minimum atomic E-state index is -0.527. The number of carbonyl (C=O) groups excluding carboxylic acids is 2. The van der Waals surface area contributed by atoms with Crippen molar-refractivity contribution in [3.8, 4) is 0 Å². The Morgan fingerprint density at radius 3 is 2.54 bits per heavy atom. The van der Waals surface area contributed by atoms with Gasteiger partial charge in [0, 0.05) is 16.4 Å². The van der Waals surface area contributed by atoms with Gasteiger partial charge in [-0.25, -0.2) is 4.68 Å². The highest BCUT2D eigenvalue weighted by Gasteiger charge is 2.19. The minimum Gasteiger partial charge on any atom is -0.382 e. The van der Waals surface area contributed by atoms with Crippen LogP contribution in [0.15, 0.2) is 42.5 Å². The van der Waals surface area contributed by atoms with E-state index in [-0.39, 0.29) is 24.0 Å². The Bertz CT molecular complexity index is 1030. The molecule has 0 unspecified atom stereocenters. The molecule has 2 amide bonds. The standard InChI is InChI=1S/C19H19ClN6O2/c1-11-4-3-5-15(12(11)2)23-16(27)10-26-18(21)17(24-25-26)19(28)22-14-8-6-13(20)7-9-14/h3-9H,10,21H2,1-2H3,(H,22,28)(H,23,27). The quantitative estimate of drug-likeness (QED) is 0.611. The summed E-state index contributed by atoms with van der Waals surface area (Å²) in [6.07, 6.45) is 0. The summed E-state index contributed by atoms with van der Waals surface area (Å²) < 4.78 is 1.18. The molecule has 2 aromatic carbocycles. The smallest absolute Gasteiger partial charge is 0.280 e. The Morgan fingerprint density at radius 2 is 1.82 bits per heavy atom. The van der Waals surface area contributed by atoms with E-state index in [0.29, 0.717) is 16.4 Å². The Morgan fingerprint density at radius 1 is 1.11 bits per heavy atom. The van der Waals surface area contributed by atoms with Gasteiger partial charge in [0.1, 0.15) is 6.54 Å². The summed E-state index contributed by atoms with van der Waals surface area (Å²) in [4.78, 5) is 24.7. The summed E-state index contributed by atoms with van der Waals surface area (Å²) >= 11 is 5.82. The number of hydrogen-bond acceptors (Lipinski definition) is 5. The first-order chi connectivity index (χ1) is 13.3. The topological polar surface area (TPSA) is 115 Å². The summed E-state index contributed by atoms with van der Waals surface area (Å²) in [5.74, 6) is -0.849. The number of nitrogens with one attached hydrogen (secondary N) is 2. The van der Waals surface area contributed by atoms with Crippen molar-refractivity contribution in [3.05, 3.63) is 64.3 Å². The molecule has 1 heterocycles. The molecular formula is C19H19ClN6O2. The van der Waals surface area contributed by atoms with Gasteiger partial charge in [-0.05, 0) is 55.3 Å². The third-order valence-electron chi connectivity index (χ3n) is 4.26. The molecule has 0 aliphatic carbocycles. The largest absolute Gasteiger partial charge is 0.382 e. The van der Waals surface area contributed by atoms with Gasteiger partial charge in [-0.2, -0.15) is 0 Å². The summed E-state index contributed by atoms with van der Waals surface area (Å²) in [6.45, 7) is 3.72. The van der Waals surface area contributed by atoms with E-state index >= 15 is 0 Å². The van der Waals surface area contributed by atoms with Gasteiger partial charge in [-0.3, -0.25) is 9.59 Å². The number of aryl methyl sites for hydroxylation is 1. The van der Waals surface area contributed by atoms with Crippen LogP contribution in [-0.4, -0.2) is 26.8 Å². The first kappa shape index (κ1) is 19.4. The van der Waals surface area contributed by atoms with Gasteiger partial charge in [-0.15, -0.1) is 5.10 Å². The van der Waals surface area contributed by atoms with Crippen LogP contribution < -0.4 is 16.4 Å². The number of halogens is 1. The van der Waals surface area contributed by atoms with Gasteiger partial charge in [0.05, 0.1) is 0 Å². The zero-order valence-electron chi connectivity index (χ0n) is 15.4. The lowest BCUT2D eigenvalue weighted by molar-refractivity contribution is -0.116. The van der Waals surface area contributed by atoms with Crippen LogP contribution in [0.4, 0.5) is 17.2 Å². The maximum Gasteiger partial charge on any atom is 0.280 e. The monoisotopic (exact) mass is 398 g/mol. The lowest BCUT2D eigenvalue weighted by Gasteiger charge is -2.10. The molecule has 0 bridgehead atoms. The van der Waals surface area contributed by atoms with E-state index in [1.54, 1.807) is 24.3 Å². The van der Waals surface area contributed by atoms with Crippen molar-refractivity contribution in [2.75, 3.05) is 16.4 Å². The van der Waals surface area contributed by atoms with Gasteiger partial charge < -0.3 is 16.4 Å². The van der Waals surface area contributed by atoms with E-state index in [0.717, 1.165) is 11.1 Å². The van der Waals surface area contributed by atoms with Crippen LogP contribution in [0, 0.1) is 13.8 Å². The molecule has 0 atom stereocenters. The molecule has 0 fully saturated rings. The van der Waals surface area contributed by atoms with Gasteiger partial charge in [-0.1, -0.05) is 28.9 Å². The fraction of sp³-hybridized carbons (Fsp3) is 0.158. The molecule has 3 rings (SSSR count). The molecule has 28 heavy (non-hydrogen) atoms. The molecule has 0 aliphatic heterocycles. The Hall–Kier alpha value is -3.39. The second kappa shape index (κ2) is 8.10. The third kappa shape index (κ3) is 4.29. The molecule has 144 valence electrons. The van der Waals surface area contributed by atoms with Crippen LogP contribution in [0.3, 0.4) is 0 Å². The van der Waals surface area contributed by atoms with Crippen molar-refractivity contribution in [2.45, 2.75) is 20.4 Å². The van der Waals surface area contributed by atoms with E-state index in [1.807, 2.05) is 32.0 Å². The van der Waals surface area contributed by atoms with Crippen LogP contribution in [0.5, 0.6) is 0 Å². The van der Waals surface area contributed by atoms with Crippen molar-refractivity contribution in [1.29, 1.82) is 0 Å². The van der Waals surface area contributed by atoms with E-state index in [4.69, 9.17) is 17.3 Å². The average Bonchev–Trinajstić information content (AvgIpc) is 3.01. The number of benzene rings is 2. The maximum atomic E-state index is 12.4. The van der Waals surface area contributed by atoms with Crippen molar-refractivity contribution in [1.82, 2.24) is 15.0 Å². The first-order valence-corrected chi connectivity index (χ1v) is 8.85. The number of carbonyl (C=O) groups is 2. The summed E-state index contributed by atoms with van der Waals surface area (Å²) in [6, 6.07) is 12.2. The normalized spacial score (nSPS) is 10.5. The number of aromatic nitrogens is 3. The van der Waals surface area contributed by atoms with Gasteiger partial charge in [0.25, 0.3) is 5.91 Å². The van der Waals surface area contributed by atoms with E-state index < -0.39 is 5.91 Å². The number of hydrogen-bond donors (Lipinski definition) is 3. The predicted octanol–water partition coefficient (Wildman–Crippen LogP) is 3.02. The predicted molar refractivity (Wildman–Crippen MR) is 108 cm³/mol. The summed E-state index contributed by atoms with van der Waals surface area (Å²) in [5, 5.41) is 13.6. The van der Waals surface area contributed by atoms with Crippen LogP contribution in [0.2, 0.25) is 5.02 Å². The highest BCUT2D eigenvalue weighted by atomic mass is 35.5. The van der Waals surface area contributed by atoms with Crippen LogP contribution >= 0.6 is 11.6 Å². The number of nitrogen functional groups attached to an aromatic ring is 1. The fourth-order valence-corrected chi connectivity index (χ4v) is 2.66.